The van der Waals surface area contributed by atoms with Crippen LogP contribution in [0.15, 0.2) is 42.7 Å². The van der Waals surface area contributed by atoms with Crippen molar-refractivity contribution in [2.45, 2.75) is 39.2 Å². The third-order valence-electron chi connectivity index (χ3n) is 11.4. The number of rotatable bonds is 8. The molecular formula is C40H48ClF2N8O4+. The average molecular weight is 778 g/mol. The van der Waals surface area contributed by atoms with E-state index in [1.807, 2.05) is 4.90 Å². The number of carbonyl (C=O) groups excluding carboxylic acids is 3. The molecule has 3 saturated heterocycles. The molecule has 12 nitrogen and oxygen atoms in total. The lowest BCUT2D eigenvalue weighted by atomic mass is 9.94. The number of amides is 3. The first-order valence-corrected chi connectivity index (χ1v) is 19.3. The van der Waals surface area contributed by atoms with Gasteiger partial charge in [-0.1, -0.05) is 17.7 Å². The van der Waals surface area contributed by atoms with Crippen LogP contribution in [0.1, 0.15) is 52.4 Å². The maximum atomic E-state index is 15.7. The van der Waals surface area contributed by atoms with Gasteiger partial charge in [-0.05, 0) is 49.9 Å². The predicted octanol–water partition coefficient (Wildman–Crippen LogP) is 5.64. The summed E-state index contributed by atoms with van der Waals surface area (Å²) in [5.74, 6) is -2.33. The number of benzene rings is 2. The number of halogens is 3. The Morgan fingerprint density at radius 2 is 1.58 bits per heavy atom. The molecule has 2 aromatic carbocycles. The molecule has 5 heterocycles. The van der Waals surface area contributed by atoms with Crippen LogP contribution in [0.25, 0.3) is 22.4 Å². The molecule has 292 valence electrons. The minimum Gasteiger partial charge on any atom is -0.381 e. The Morgan fingerprint density at radius 1 is 0.927 bits per heavy atom. The Balaban J connectivity index is 0.977. The van der Waals surface area contributed by atoms with Gasteiger partial charge in [0.1, 0.15) is 0 Å². The first-order valence-electron chi connectivity index (χ1n) is 18.9. The highest BCUT2D eigenvalue weighted by Gasteiger charge is 2.35. The number of carbonyl (C=O) groups is 3. The van der Waals surface area contributed by atoms with E-state index in [4.69, 9.17) is 16.3 Å². The van der Waals surface area contributed by atoms with Crippen molar-refractivity contribution in [3.05, 3.63) is 76.5 Å². The van der Waals surface area contributed by atoms with Gasteiger partial charge in [0.25, 0.3) is 11.8 Å². The smallest absolute Gasteiger partial charge is 0.291 e. The third-order valence-corrected chi connectivity index (χ3v) is 11.7. The Hall–Kier alpha value is -4.66. The second kappa shape index (κ2) is 15.8. The molecular weight excluding hydrogens is 730 g/mol. The molecule has 0 bridgehead atoms. The highest BCUT2D eigenvalue weighted by molar-refractivity contribution is 6.34. The van der Waals surface area contributed by atoms with Crippen molar-refractivity contribution in [1.29, 1.82) is 0 Å². The highest BCUT2D eigenvalue weighted by atomic mass is 35.5. The lowest BCUT2D eigenvalue weighted by molar-refractivity contribution is -0.895. The zero-order valence-electron chi connectivity index (χ0n) is 31.8. The number of ether oxygens (including phenoxy) is 1. The average Bonchev–Trinajstić information content (AvgIpc) is 3.73. The summed E-state index contributed by atoms with van der Waals surface area (Å²) in [5, 5.41) is 7.45. The van der Waals surface area contributed by atoms with Gasteiger partial charge in [0.05, 0.1) is 55.4 Å². The highest BCUT2D eigenvalue weighted by Crippen LogP contribution is 2.34. The van der Waals surface area contributed by atoms with Crippen LogP contribution < -0.4 is 5.32 Å². The van der Waals surface area contributed by atoms with Gasteiger partial charge in [0.15, 0.2) is 17.5 Å². The monoisotopic (exact) mass is 777 g/mol. The van der Waals surface area contributed by atoms with E-state index in [1.165, 1.54) is 29.0 Å². The van der Waals surface area contributed by atoms with Crippen molar-refractivity contribution in [2.75, 3.05) is 71.9 Å². The quantitative estimate of drug-likeness (QED) is 0.232. The third kappa shape index (κ3) is 8.17. The molecule has 1 N–H and O–H groups in total. The SMILES string of the molecule is Cc1nn(CC2CCOCC2)cc1-c1ccc(-c2cnc(C(=O)Nc3ccc(C(=O)N4CCN(C(=O)C5CC[N+](C)(C)CC5)CC4)c(Cl)c3)n2C)c(F)c1F. The van der Waals surface area contributed by atoms with E-state index >= 15 is 8.78 Å². The van der Waals surface area contributed by atoms with Gasteiger partial charge in [-0.2, -0.15) is 5.10 Å². The van der Waals surface area contributed by atoms with E-state index in [0.29, 0.717) is 68.8 Å². The molecule has 0 aliphatic carbocycles. The van der Waals surface area contributed by atoms with Gasteiger partial charge in [-0.15, -0.1) is 0 Å². The van der Waals surface area contributed by atoms with Gasteiger partial charge >= 0.3 is 0 Å². The van der Waals surface area contributed by atoms with Crippen molar-refractivity contribution in [3.8, 4) is 22.4 Å². The number of hydrogen-bond donors (Lipinski definition) is 1. The second-order valence-electron chi connectivity index (χ2n) is 15.6. The molecule has 7 rings (SSSR count). The number of nitrogens with zero attached hydrogens (tertiary/aromatic N) is 7. The zero-order valence-corrected chi connectivity index (χ0v) is 32.5. The van der Waals surface area contributed by atoms with Gasteiger partial charge in [-0.25, -0.2) is 13.8 Å². The molecule has 3 aliphatic heterocycles. The molecule has 15 heteroatoms. The van der Waals surface area contributed by atoms with Crippen LogP contribution in [0.4, 0.5) is 14.5 Å². The molecule has 55 heavy (non-hydrogen) atoms. The Morgan fingerprint density at radius 3 is 2.27 bits per heavy atom. The number of piperidine rings is 1. The zero-order chi connectivity index (χ0) is 39.0. The lowest BCUT2D eigenvalue weighted by Gasteiger charge is -2.40. The number of likely N-dealkylation sites (tertiary alicyclic amines) is 1. The molecule has 3 amide bonds. The van der Waals surface area contributed by atoms with Crippen molar-refractivity contribution in [3.63, 3.8) is 0 Å². The van der Waals surface area contributed by atoms with Crippen LogP contribution in [0, 0.1) is 30.4 Å². The van der Waals surface area contributed by atoms with E-state index in [2.05, 4.69) is 29.5 Å². The molecule has 0 radical (unpaired) electrons. The number of piperazine rings is 1. The van der Waals surface area contributed by atoms with Crippen LogP contribution in [0.2, 0.25) is 5.02 Å². The first-order chi connectivity index (χ1) is 26.3. The van der Waals surface area contributed by atoms with Crippen LogP contribution in [0.3, 0.4) is 0 Å². The summed E-state index contributed by atoms with van der Waals surface area (Å²) in [6.45, 7) is 7.60. The number of aromatic nitrogens is 4. The fraction of sp³-hybridized carbons (Fsp3) is 0.475. The van der Waals surface area contributed by atoms with Crippen molar-refractivity contribution in [1.82, 2.24) is 29.1 Å². The number of aryl methyl sites for hydroxylation is 1. The van der Waals surface area contributed by atoms with Crippen molar-refractivity contribution in [2.24, 2.45) is 18.9 Å². The summed E-state index contributed by atoms with van der Waals surface area (Å²) in [6, 6.07) is 7.61. The summed E-state index contributed by atoms with van der Waals surface area (Å²) in [6.07, 6.45) is 6.69. The summed E-state index contributed by atoms with van der Waals surface area (Å²) < 4.78 is 40.9. The summed E-state index contributed by atoms with van der Waals surface area (Å²) in [7, 11) is 5.92. The first kappa shape index (κ1) is 38.6. The number of hydrogen-bond acceptors (Lipinski definition) is 6. The molecule has 0 spiro atoms. The molecule has 3 aliphatic rings. The minimum atomic E-state index is -1.06. The topological polar surface area (TPSA) is 115 Å². The van der Waals surface area contributed by atoms with Crippen LogP contribution >= 0.6 is 11.6 Å². The van der Waals surface area contributed by atoms with Gasteiger partial charge in [-0.3, -0.25) is 19.1 Å². The number of quaternary nitrogens is 1. The van der Waals surface area contributed by atoms with Crippen molar-refractivity contribution < 1.29 is 32.4 Å². The Bertz CT molecular complexity index is 2090. The Labute approximate surface area is 324 Å². The molecule has 0 saturated carbocycles. The fourth-order valence-corrected chi connectivity index (χ4v) is 8.18. The lowest BCUT2D eigenvalue weighted by Crippen LogP contribution is -2.54. The molecule has 2 aromatic heterocycles. The Kier molecular flexibility index (Phi) is 11.1. The summed E-state index contributed by atoms with van der Waals surface area (Å²) in [4.78, 5) is 47.7. The van der Waals surface area contributed by atoms with Gasteiger partial charge < -0.3 is 28.9 Å². The maximum absolute atomic E-state index is 15.7. The summed E-state index contributed by atoms with van der Waals surface area (Å²) in [5.41, 5.74) is 1.99. The van der Waals surface area contributed by atoms with E-state index < -0.39 is 17.5 Å². The number of imidazole rings is 1. The second-order valence-corrected chi connectivity index (χ2v) is 16.1. The van der Waals surface area contributed by atoms with E-state index in [1.54, 1.807) is 41.9 Å². The van der Waals surface area contributed by atoms with Crippen LogP contribution in [-0.4, -0.2) is 118 Å². The number of nitrogens with one attached hydrogen (secondary N) is 1. The summed E-state index contributed by atoms with van der Waals surface area (Å²) >= 11 is 6.56. The van der Waals surface area contributed by atoms with E-state index in [0.717, 1.165) is 43.3 Å². The molecule has 0 atom stereocenters. The van der Waals surface area contributed by atoms with E-state index in [9.17, 15) is 14.4 Å². The van der Waals surface area contributed by atoms with E-state index in [-0.39, 0.29) is 51.0 Å². The van der Waals surface area contributed by atoms with Gasteiger partial charge in [0, 0.05) is 100 Å². The van der Waals surface area contributed by atoms with Crippen LogP contribution in [0.5, 0.6) is 0 Å². The largest absolute Gasteiger partial charge is 0.381 e. The predicted molar refractivity (Wildman–Crippen MR) is 205 cm³/mol. The van der Waals surface area contributed by atoms with Gasteiger partial charge in [0.2, 0.25) is 5.91 Å². The molecule has 3 fully saturated rings. The number of anilines is 1. The van der Waals surface area contributed by atoms with Crippen molar-refractivity contribution >= 4 is 35.0 Å². The van der Waals surface area contributed by atoms with Crippen LogP contribution in [-0.2, 0) is 23.1 Å². The minimum absolute atomic E-state index is 0.0381. The fourth-order valence-electron chi connectivity index (χ4n) is 7.92. The molecule has 0 unspecified atom stereocenters. The molecule has 4 aromatic rings. The standard InChI is InChI=1S/C40H47ClF2N8O4/c1-25-32(24-50(46-25)23-26-11-19-55-20-12-26)29-7-8-31(36(43)35(29)42)34-22-44-37(47(34)2)38(52)45-28-5-6-30(33(41)21-28)40(54)49-15-13-48(14-16-49)39(53)27-9-17-51(3,4)18-10-27/h5-8,21-22,24,26-27H,9-20,23H2,1-4H3/p+1. The maximum Gasteiger partial charge on any atom is 0.291 e. The normalized spacial score (nSPS) is 18.1.